The molecule has 0 aliphatic heterocycles. The van der Waals surface area contributed by atoms with Crippen LogP contribution in [0.2, 0.25) is 0 Å². The number of halogens is 2. The zero-order chi connectivity index (χ0) is 20.9. The highest BCUT2D eigenvalue weighted by Gasteiger charge is 2.23. The minimum atomic E-state index is -4.09. The summed E-state index contributed by atoms with van der Waals surface area (Å²) in [6.07, 6.45) is 0.754. The Morgan fingerprint density at radius 2 is 1.82 bits per heavy atom. The van der Waals surface area contributed by atoms with Gasteiger partial charge < -0.3 is 9.08 Å². The standard InChI is InChI=1S/C20H23ClFNO4S/c1-4-14(2)23(20(24)15(3)21)13-16-6-5-7-18(12-16)27-28(25,26)19-10-8-17(22)9-11-19/h5-12,14-15H,4,13H2,1-3H3. The monoisotopic (exact) mass is 427 g/mol. The lowest BCUT2D eigenvalue weighted by Gasteiger charge is -2.30. The predicted octanol–water partition coefficient (Wildman–Crippen LogP) is 4.35. The molecule has 0 spiro atoms. The summed E-state index contributed by atoms with van der Waals surface area (Å²) in [5, 5.41) is -0.660. The van der Waals surface area contributed by atoms with Crippen LogP contribution in [0.4, 0.5) is 4.39 Å². The number of hydrogen-bond donors (Lipinski definition) is 0. The van der Waals surface area contributed by atoms with Crippen LogP contribution in [-0.4, -0.2) is 30.6 Å². The largest absolute Gasteiger partial charge is 0.379 e. The zero-order valence-electron chi connectivity index (χ0n) is 15.9. The van der Waals surface area contributed by atoms with Gasteiger partial charge in [0.2, 0.25) is 5.91 Å². The van der Waals surface area contributed by atoms with Crippen LogP contribution in [0.25, 0.3) is 0 Å². The third kappa shape index (κ3) is 5.69. The second-order valence-corrected chi connectivity index (χ2v) is 8.68. The van der Waals surface area contributed by atoms with E-state index in [1.54, 1.807) is 30.0 Å². The number of benzene rings is 2. The van der Waals surface area contributed by atoms with E-state index in [4.69, 9.17) is 15.8 Å². The Bertz CT molecular complexity index is 916. The molecule has 0 saturated heterocycles. The van der Waals surface area contributed by atoms with Crippen molar-refractivity contribution in [1.82, 2.24) is 4.90 Å². The summed E-state index contributed by atoms with van der Waals surface area (Å²) in [6, 6.07) is 10.8. The van der Waals surface area contributed by atoms with E-state index in [0.29, 0.717) is 5.56 Å². The summed E-state index contributed by atoms with van der Waals surface area (Å²) >= 11 is 5.97. The Balaban J connectivity index is 2.23. The fraction of sp³-hybridized carbons (Fsp3) is 0.350. The summed E-state index contributed by atoms with van der Waals surface area (Å²) in [4.78, 5) is 13.9. The quantitative estimate of drug-likeness (QED) is 0.464. The van der Waals surface area contributed by atoms with Gasteiger partial charge in [0.1, 0.15) is 21.8 Å². The van der Waals surface area contributed by atoms with E-state index in [1.807, 2.05) is 13.8 Å². The Labute approximate surface area is 170 Å². The SMILES string of the molecule is CCC(C)N(Cc1cccc(OS(=O)(=O)c2ccc(F)cc2)c1)C(=O)C(C)Cl. The van der Waals surface area contributed by atoms with E-state index < -0.39 is 21.3 Å². The number of rotatable bonds is 8. The predicted molar refractivity (Wildman–Crippen MR) is 106 cm³/mol. The number of amides is 1. The molecule has 1 amide bonds. The normalized spacial score (nSPS) is 13.6. The van der Waals surface area contributed by atoms with Gasteiger partial charge in [-0.2, -0.15) is 8.42 Å². The summed E-state index contributed by atoms with van der Waals surface area (Å²) in [6.45, 7) is 5.79. The Kier molecular flexibility index (Phi) is 7.43. The molecule has 0 heterocycles. The van der Waals surface area contributed by atoms with Gasteiger partial charge in [0.25, 0.3) is 0 Å². The topological polar surface area (TPSA) is 63.7 Å². The van der Waals surface area contributed by atoms with E-state index in [9.17, 15) is 17.6 Å². The maximum Gasteiger partial charge on any atom is 0.339 e. The lowest BCUT2D eigenvalue weighted by atomic mass is 10.1. The molecule has 2 aromatic carbocycles. The van der Waals surface area contributed by atoms with Crippen molar-refractivity contribution in [2.45, 2.75) is 50.1 Å². The van der Waals surface area contributed by atoms with Gasteiger partial charge in [-0.1, -0.05) is 19.1 Å². The zero-order valence-corrected chi connectivity index (χ0v) is 17.5. The average Bonchev–Trinajstić information content (AvgIpc) is 2.65. The van der Waals surface area contributed by atoms with Crippen LogP contribution in [-0.2, 0) is 21.5 Å². The van der Waals surface area contributed by atoms with Gasteiger partial charge >= 0.3 is 10.1 Å². The molecule has 0 aliphatic rings. The number of hydrogen-bond acceptors (Lipinski definition) is 4. The number of carbonyl (C=O) groups is 1. The second-order valence-electron chi connectivity index (χ2n) is 6.48. The van der Waals surface area contributed by atoms with Gasteiger partial charge in [-0.3, -0.25) is 4.79 Å². The second kappa shape index (κ2) is 9.39. The molecule has 0 radical (unpaired) electrons. The summed E-state index contributed by atoms with van der Waals surface area (Å²) in [5.74, 6) is -0.622. The van der Waals surface area contributed by atoms with Crippen molar-refractivity contribution in [3.63, 3.8) is 0 Å². The first kappa shape index (κ1) is 22.2. The minimum Gasteiger partial charge on any atom is -0.379 e. The molecule has 8 heteroatoms. The fourth-order valence-corrected chi connectivity index (χ4v) is 3.62. The molecule has 2 atom stereocenters. The number of alkyl halides is 1. The van der Waals surface area contributed by atoms with Crippen molar-refractivity contribution >= 4 is 27.6 Å². The van der Waals surface area contributed by atoms with Crippen LogP contribution >= 0.6 is 11.6 Å². The first-order valence-electron chi connectivity index (χ1n) is 8.87. The van der Waals surface area contributed by atoms with Crippen molar-refractivity contribution < 1.29 is 21.8 Å². The molecular weight excluding hydrogens is 405 g/mol. The number of nitrogens with zero attached hydrogens (tertiary/aromatic N) is 1. The van der Waals surface area contributed by atoms with E-state index in [0.717, 1.165) is 30.7 Å². The molecule has 2 rings (SSSR count). The molecule has 152 valence electrons. The van der Waals surface area contributed by atoms with Gasteiger partial charge in [0.05, 0.1) is 0 Å². The van der Waals surface area contributed by atoms with Crippen molar-refractivity contribution in [2.24, 2.45) is 0 Å². The van der Waals surface area contributed by atoms with Crippen molar-refractivity contribution in [3.8, 4) is 5.75 Å². The maximum atomic E-state index is 13.0. The van der Waals surface area contributed by atoms with Crippen LogP contribution in [0.5, 0.6) is 5.75 Å². The summed E-state index contributed by atoms with van der Waals surface area (Å²) < 4.78 is 42.9. The molecule has 5 nitrogen and oxygen atoms in total. The van der Waals surface area contributed by atoms with Crippen LogP contribution in [0, 0.1) is 5.82 Å². The van der Waals surface area contributed by atoms with Gasteiger partial charge in [-0.15, -0.1) is 11.6 Å². The van der Waals surface area contributed by atoms with Crippen molar-refractivity contribution in [1.29, 1.82) is 0 Å². The van der Waals surface area contributed by atoms with E-state index in [-0.39, 0.29) is 29.1 Å². The van der Waals surface area contributed by atoms with Gasteiger partial charge in [0, 0.05) is 12.6 Å². The van der Waals surface area contributed by atoms with Crippen LogP contribution < -0.4 is 4.18 Å². The highest BCUT2D eigenvalue weighted by Crippen LogP contribution is 2.22. The van der Waals surface area contributed by atoms with E-state index in [1.165, 1.54) is 6.07 Å². The molecule has 0 bridgehead atoms. The Morgan fingerprint density at radius 1 is 1.18 bits per heavy atom. The van der Waals surface area contributed by atoms with Gasteiger partial charge in [0.15, 0.2) is 0 Å². The lowest BCUT2D eigenvalue weighted by Crippen LogP contribution is -2.41. The molecule has 0 aromatic heterocycles. The molecule has 2 unspecified atom stereocenters. The Morgan fingerprint density at radius 3 is 2.39 bits per heavy atom. The lowest BCUT2D eigenvalue weighted by molar-refractivity contribution is -0.133. The molecular formula is C20H23ClFNO4S. The first-order chi connectivity index (χ1) is 13.1. The van der Waals surface area contributed by atoms with E-state index in [2.05, 4.69) is 0 Å². The third-order valence-corrected chi connectivity index (χ3v) is 5.75. The van der Waals surface area contributed by atoms with Crippen molar-refractivity contribution in [3.05, 3.63) is 59.9 Å². The first-order valence-corrected chi connectivity index (χ1v) is 10.7. The minimum absolute atomic E-state index is 0.0266. The van der Waals surface area contributed by atoms with Gasteiger partial charge in [-0.25, -0.2) is 4.39 Å². The molecule has 0 saturated carbocycles. The molecule has 0 aliphatic carbocycles. The average molecular weight is 428 g/mol. The third-order valence-electron chi connectivity index (χ3n) is 4.31. The number of carbonyl (C=O) groups excluding carboxylic acids is 1. The smallest absolute Gasteiger partial charge is 0.339 e. The summed E-state index contributed by atoms with van der Waals surface area (Å²) in [7, 11) is -4.09. The highest BCUT2D eigenvalue weighted by molar-refractivity contribution is 7.87. The van der Waals surface area contributed by atoms with Gasteiger partial charge in [-0.05, 0) is 62.2 Å². The highest BCUT2D eigenvalue weighted by atomic mass is 35.5. The Hall–Kier alpha value is -2.12. The molecule has 0 N–H and O–H groups in total. The van der Waals surface area contributed by atoms with Crippen LogP contribution in [0.3, 0.4) is 0 Å². The van der Waals surface area contributed by atoms with Crippen molar-refractivity contribution in [2.75, 3.05) is 0 Å². The van der Waals surface area contributed by atoms with E-state index >= 15 is 0 Å². The molecule has 0 fully saturated rings. The maximum absolute atomic E-state index is 13.0. The molecule has 28 heavy (non-hydrogen) atoms. The molecule has 2 aromatic rings. The van der Waals surface area contributed by atoms with Crippen LogP contribution in [0.15, 0.2) is 53.4 Å². The van der Waals surface area contributed by atoms with Crippen LogP contribution in [0.1, 0.15) is 32.8 Å². The summed E-state index contributed by atoms with van der Waals surface area (Å²) in [5.41, 5.74) is 0.706. The fourth-order valence-electron chi connectivity index (χ4n) is 2.57.